The Morgan fingerprint density at radius 3 is 2.58 bits per heavy atom. The summed E-state index contributed by atoms with van der Waals surface area (Å²) in [6, 6.07) is 9.44. The minimum atomic E-state index is -0.881. The summed E-state index contributed by atoms with van der Waals surface area (Å²) in [7, 11) is 0. The highest BCUT2D eigenvalue weighted by Gasteiger charge is 2.15. The maximum Gasteiger partial charge on any atom is 0.126 e. The topological polar surface area (TPSA) is 20.2 Å². The van der Waals surface area contributed by atoms with Crippen LogP contribution in [0.15, 0.2) is 40.9 Å². The number of aliphatic hydroxyl groups is 1. The summed E-state index contributed by atoms with van der Waals surface area (Å²) in [5, 5.41) is 11.0. The van der Waals surface area contributed by atoms with E-state index in [4.69, 9.17) is 23.2 Å². The van der Waals surface area contributed by atoms with Gasteiger partial charge in [0.25, 0.3) is 0 Å². The van der Waals surface area contributed by atoms with E-state index in [9.17, 15) is 9.50 Å². The summed E-state index contributed by atoms with van der Waals surface area (Å²) >= 11 is 15.2. The van der Waals surface area contributed by atoms with Crippen LogP contribution < -0.4 is 0 Å². The second-order valence-electron chi connectivity index (χ2n) is 4.12. The van der Waals surface area contributed by atoms with Crippen molar-refractivity contribution in [1.29, 1.82) is 0 Å². The van der Waals surface area contributed by atoms with Crippen molar-refractivity contribution in [2.45, 2.75) is 12.5 Å². The summed E-state index contributed by atoms with van der Waals surface area (Å²) in [6.45, 7) is 0. The Morgan fingerprint density at radius 2 is 1.89 bits per heavy atom. The molecule has 0 aliphatic carbocycles. The van der Waals surface area contributed by atoms with Crippen molar-refractivity contribution in [2.24, 2.45) is 0 Å². The van der Waals surface area contributed by atoms with Gasteiger partial charge in [0.15, 0.2) is 0 Å². The van der Waals surface area contributed by atoms with Crippen LogP contribution in [-0.4, -0.2) is 5.11 Å². The molecule has 2 aromatic rings. The molecule has 0 saturated carbocycles. The molecule has 0 fully saturated rings. The van der Waals surface area contributed by atoms with Crippen LogP contribution in [0.25, 0.3) is 0 Å². The third kappa shape index (κ3) is 3.69. The third-order valence-corrected chi connectivity index (χ3v) is 3.80. The molecule has 0 aliphatic rings. The molecule has 0 bridgehead atoms. The minimum absolute atomic E-state index is 0.119. The molecular formula is C14H10BrCl2FO. The van der Waals surface area contributed by atoms with Gasteiger partial charge in [-0.25, -0.2) is 4.39 Å². The Labute approximate surface area is 129 Å². The van der Waals surface area contributed by atoms with E-state index in [1.165, 1.54) is 18.2 Å². The summed E-state index contributed by atoms with van der Waals surface area (Å²) < 4.78 is 14.4. The van der Waals surface area contributed by atoms with Gasteiger partial charge >= 0.3 is 0 Å². The first kappa shape index (κ1) is 14.8. The van der Waals surface area contributed by atoms with Crippen molar-refractivity contribution in [3.8, 4) is 0 Å². The molecule has 2 rings (SSSR count). The van der Waals surface area contributed by atoms with Crippen LogP contribution in [0.3, 0.4) is 0 Å². The van der Waals surface area contributed by atoms with Gasteiger partial charge in [-0.3, -0.25) is 0 Å². The number of hydrogen-bond acceptors (Lipinski definition) is 1. The van der Waals surface area contributed by atoms with Crippen LogP contribution in [0.5, 0.6) is 0 Å². The van der Waals surface area contributed by atoms with Crippen molar-refractivity contribution >= 4 is 39.1 Å². The molecule has 1 atom stereocenters. The Morgan fingerprint density at radius 1 is 1.16 bits per heavy atom. The molecule has 1 nitrogen and oxygen atoms in total. The van der Waals surface area contributed by atoms with Crippen LogP contribution in [0, 0.1) is 5.82 Å². The lowest BCUT2D eigenvalue weighted by atomic mass is 10.0. The first-order valence-corrected chi connectivity index (χ1v) is 7.09. The van der Waals surface area contributed by atoms with Gasteiger partial charge in [0, 0.05) is 20.9 Å². The van der Waals surface area contributed by atoms with E-state index in [1.54, 1.807) is 18.2 Å². The van der Waals surface area contributed by atoms with Crippen molar-refractivity contribution in [3.05, 3.63) is 67.9 Å². The van der Waals surface area contributed by atoms with Crippen LogP contribution in [0.1, 0.15) is 17.2 Å². The number of aliphatic hydroxyl groups excluding tert-OH is 1. The largest absolute Gasteiger partial charge is 0.388 e. The highest BCUT2D eigenvalue weighted by atomic mass is 79.9. The van der Waals surface area contributed by atoms with Gasteiger partial charge in [0.1, 0.15) is 5.82 Å². The summed E-state index contributed by atoms with van der Waals surface area (Å²) in [4.78, 5) is 0. The smallest absolute Gasteiger partial charge is 0.126 e. The van der Waals surface area contributed by atoms with Gasteiger partial charge in [-0.2, -0.15) is 0 Å². The Bertz CT molecular complexity index is 604. The number of rotatable bonds is 3. The standard InChI is InChI=1S/C14H10BrCl2FO/c15-9-1-3-11(12(17)7-9)14(19)6-8-5-10(16)2-4-13(8)18/h1-5,7,14,19H,6H2. The zero-order chi connectivity index (χ0) is 14.0. The highest BCUT2D eigenvalue weighted by molar-refractivity contribution is 9.10. The molecule has 2 aromatic carbocycles. The third-order valence-electron chi connectivity index (χ3n) is 2.74. The van der Waals surface area contributed by atoms with Gasteiger partial charge in [-0.1, -0.05) is 45.2 Å². The minimum Gasteiger partial charge on any atom is -0.388 e. The van der Waals surface area contributed by atoms with Crippen LogP contribution in [0.2, 0.25) is 10.0 Å². The fourth-order valence-electron chi connectivity index (χ4n) is 1.79. The molecule has 5 heteroatoms. The molecule has 1 N–H and O–H groups in total. The molecule has 0 saturated heterocycles. The van der Waals surface area contributed by atoms with Crippen molar-refractivity contribution in [2.75, 3.05) is 0 Å². The molecule has 0 heterocycles. The second kappa shape index (κ2) is 6.23. The molecule has 1 unspecified atom stereocenters. The average Bonchev–Trinajstić information content (AvgIpc) is 2.33. The van der Waals surface area contributed by atoms with Gasteiger partial charge in [-0.15, -0.1) is 0 Å². The maximum atomic E-state index is 13.6. The number of hydrogen-bond donors (Lipinski definition) is 1. The van der Waals surface area contributed by atoms with E-state index in [0.717, 1.165) is 4.47 Å². The molecule has 0 aliphatic heterocycles. The van der Waals surface area contributed by atoms with Crippen molar-refractivity contribution < 1.29 is 9.50 Å². The van der Waals surface area contributed by atoms with E-state index >= 15 is 0 Å². The van der Waals surface area contributed by atoms with Gasteiger partial charge in [-0.05, 0) is 41.5 Å². The predicted octanol–water partition coefficient (Wildman–Crippen LogP) is 5.17. The average molecular weight is 364 g/mol. The first-order chi connectivity index (χ1) is 8.97. The summed E-state index contributed by atoms with van der Waals surface area (Å²) in [5.74, 6) is -0.392. The van der Waals surface area contributed by atoms with Crippen LogP contribution in [0.4, 0.5) is 4.39 Å². The fraction of sp³-hybridized carbons (Fsp3) is 0.143. The van der Waals surface area contributed by atoms with Crippen LogP contribution in [-0.2, 0) is 6.42 Å². The predicted molar refractivity (Wildman–Crippen MR) is 79.2 cm³/mol. The zero-order valence-corrected chi connectivity index (χ0v) is 12.8. The van der Waals surface area contributed by atoms with E-state index in [2.05, 4.69) is 15.9 Å². The number of benzene rings is 2. The van der Waals surface area contributed by atoms with Crippen molar-refractivity contribution in [1.82, 2.24) is 0 Å². The lowest BCUT2D eigenvalue weighted by Gasteiger charge is -2.14. The molecule has 100 valence electrons. The fourth-order valence-corrected chi connectivity index (χ4v) is 2.78. The molecule has 19 heavy (non-hydrogen) atoms. The van der Waals surface area contributed by atoms with E-state index < -0.39 is 11.9 Å². The SMILES string of the molecule is OC(Cc1cc(Cl)ccc1F)c1ccc(Br)cc1Cl. The Hall–Kier alpha value is -0.610. The summed E-state index contributed by atoms with van der Waals surface area (Å²) in [6.07, 6.45) is -0.762. The zero-order valence-electron chi connectivity index (χ0n) is 9.71. The molecule has 0 amide bonds. The van der Waals surface area contributed by atoms with Crippen molar-refractivity contribution in [3.63, 3.8) is 0 Å². The monoisotopic (exact) mass is 362 g/mol. The van der Waals surface area contributed by atoms with Gasteiger partial charge < -0.3 is 5.11 Å². The summed E-state index contributed by atoms with van der Waals surface area (Å²) in [5.41, 5.74) is 0.920. The first-order valence-electron chi connectivity index (χ1n) is 5.54. The second-order valence-corrected chi connectivity index (χ2v) is 5.88. The molecular weight excluding hydrogens is 354 g/mol. The highest BCUT2D eigenvalue weighted by Crippen LogP contribution is 2.29. The molecule has 0 aromatic heterocycles. The van der Waals surface area contributed by atoms with E-state index in [1.807, 2.05) is 0 Å². The van der Waals surface area contributed by atoms with E-state index in [0.29, 0.717) is 21.2 Å². The van der Waals surface area contributed by atoms with Crippen LogP contribution >= 0.6 is 39.1 Å². The Balaban J connectivity index is 2.25. The number of halogens is 4. The van der Waals surface area contributed by atoms with Gasteiger partial charge in [0.2, 0.25) is 0 Å². The lowest BCUT2D eigenvalue weighted by Crippen LogP contribution is -2.04. The molecule has 0 radical (unpaired) electrons. The lowest BCUT2D eigenvalue weighted by molar-refractivity contribution is 0.177. The Kier molecular flexibility index (Phi) is 4.85. The quantitative estimate of drug-likeness (QED) is 0.797. The maximum absolute atomic E-state index is 13.6. The van der Waals surface area contributed by atoms with E-state index in [-0.39, 0.29) is 6.42 Å². The van der Waals surface area contributed by atoms with Gasteiger partial charge in [0.05, 0.1) is 6.10 Å². The molecule has 0 spiro atoms. The normalized spacial score (nSPS) is 12.5.